The topological polar surface area (TPSA) is 66.9 Å². The van der Waals surface area contributed by atoms with Gasteiger partial charge in [0.1, 0.15) is 5.60 Å². The van der Waals surface area contributed by atoms with Gasteiger partial charge >= 0.3 is 22.5 Å². The molecule has 43 heavy (non-hydrogen) atoms. The standard InChI is InChI=1S/C33H37F3N2O4S/c1-32(2,3)42-31(39)38(21-23-14-18-27(19-15-23)33(34,35)36)43(40,41)37-20-8-11-26(22-37)30-28-12-6-4-9-24(28)16-17-25-10-5-7-13-29(25)30/h4-7,9-10,12-15,18-19,26,30H,8,11,16-17,20-22H2,1-3H3. The summed E-state index contributed by atoms with van der Waals surface area (Å²) in [5, 5.41) is 0. The normalized spacial score (nSPS) is 18.3. The molecule has 0 spiro atoms. The minimum Gasteiger partial charge on any atom is -0.443 e. The number of amides is 1. The minimum atomic E-state index is -4.53. The van der Waals surface area contributed by atoms with Gasteiger partial charge in [-0.2, -0.15) is 30.2 Å². The second-order valence-corrected chi connectivity index (χ2v) is 14.2. The fraction of sp³-hybridized carbons (Fsp3) is 0.424. The van der Waals surface area contributed by atoms with Crippen LogP contribution in [0, 0.1) is 5.92 Å². The number of rotatable bonds is 5. The van der Waals surface area contributed by atoms with Crippen molar-refractivity contribution >= 4 is 16.3 Å². The number of hydrogen-bond acceptors (Lipinski definition) is 4. The molecule has 0 saturated carbocycles. The first kappa shape index (κ1) is 31.1. The maximum atomic E-state index is 14.2. The highest BCUT2D eigenvalue weighted by Crippen LogP contribution is 2.43. The van der Waals surface area contributed by atoms with Gasteiger partial charge in [0.15, 0.2) is 0 Å². The lowest BCUT2D eigenvalue weighted by atomic mass is 9.76. The summed E-state index contributed by atoms with van der Waals surface area (Å²) in [5.41, 5.74) is 3.30. The maximum Gasteiger partial charge on any atom is 0.425 e. The number of piperidine rings is 1. The molecule has 1 heterocycles. The molecule has 1 atom stereocenters. The highest BCUT2D eigenvalue weighted by Gasteiger charge is 2.41. The van der Waals surface area contributed by atoms with Crippen molar-refractivity contribution in [2.45, 2.75) is 70.7 Å². The van der Waals surface area contributed by atoms with E-state index in [0.717, 1.165) is 31.4 Å². The van der Waals surface area contributed by atoms with Crippen LogP contribution in [0.15, 0.2) is 72.8 Å². The van der Waals surface area contributed by atoms with E-state index in [1.165, 1.54) is 38.7 Å². The number of ether oxygens (including phenoxy) is 1. The minimum absolute atomic E-state index is 0.0159. The summed E-state index contributed by atoms with van der Waals surface area (Å²) in [6.07, 6.45) is -2.39. The van der Waals surface area contributed by atoms with Crippen LogP contribution in [0.1, 0.15) is 72.9 Å². The third kappa shape index (κ3) is 6.91. The second kappa shape index (κ2) is 12.0. The van der Waals surface area contributed by atoms with Crippen LogP contribution in [0.25, 0.3) is 0 Å². The molecular weight excluding hydrogens is 577 g/mol. The van der Waals surface area contributed by atoms with Gasteiger partial charge in [-0.05, 0) is 92.3 Å². The molecule has 1 saturated heterocycles. The average Bonchev–Trinajstić information content (AvgIpc) is 3.12. The van der Waals surface area contributed by atoms with Crippen molar-refractivity contribution in [1.82, 2.24) is 8.61 Å². The van der Waals surface area contributed by atoms with E-state index in [2.05, 4.69) is 24.3 Å². The molecule has 1 aliphatic heterocycles. The average molecular weight is 615 g/mol. The Morgan fingerprint density at radius 3 is 2.00 bits per heavy atom. The Morgan fingerprint density at radius 2 is 1.47 bits per heavy atom. The molecule has 0 radical (unpaired) electrons. The van der Waals surface area contributed by atoms with Crippen LogP contribution < -0.4 is 0 Å². The van der Waals surface area contributed by atoms with Gasteiger partial charge in [-0.25, -0.2) is 4.79 Å². The summed E-state index contributed by atoms with van der Waals surface area (Å²) < 4.78 is 75.3. The van der Waals surface area contributed by atoms with E-state index in [4.69, 9.17) is 4.74 Å². The van der Waals surface area contributed by atoms with Gasteiger partial charge in [0, 0.05) is 19.0 Å². The second-order valence-electron chi connectivity index (χ2n) is 12.3. The molecule has 6 nitrogen and oxygen atoms in total. The van der Waals surface area contributed by atoms with Crippen LogP contribution in [-0.2, 0) is 40.5 Å². The van der Waals surface area contributed by atoms with E-state index in [1.807, 2.05) is 24.3 Å². The number of carbonyl (C=O) groups excluding carboxylic acids is 1. The molecule has 3 aromatic rings. The lowest BCUT2D eigenvalue weighted by Crippen LogP contribution is -2.51. The van der Waals surface area contributed by atoms with Crippen molar-refractivity contribution < 1.29 is 31.1 Å². The summed E-state index contributed by atoms with van der Waals surface area (Å²) in [6.45, 7) is 4.86. The SMILES string of the molecule is CC(C)(C)OC(=O)N(Cc1ccc(C(F)(F)F)cc1)S(=O)(=O)N1CCCC(C2c3ccccc3CCc3ccccc32)C1. The molecule has 3 aromatic carbocycles. The Kier molecular flexibility index (Phi) is 8.64. The van der Waals surface area contributed by atoms with Crippen LogP contribution in [0.5, 0.6) is 0 Å². The van der Waals surface area contributed by atoms with Crippen LogP contribution in [0.2, 0.25) is 0 Å². The van der Waals surface area contributed by atoms with Crippen molar-refractivity contribution in [3.05, 3.63) is 106 Å². The van der Waals surface area contributed by atoms with Gasteiger partial charge in [-0.3, -0.25) is 0 Å². The highest BCUT2D eigenvalue weighted by molar-refractivity contribution is 7.87. The van der Waals surface area contributed by atoms with Crippen molar-refractivity contribution in [3.63, 3.8) is 0 Å². The van der Waals surface area contributed by atoms with Crippen molar-refractivity contribution in [2.24, 2.45) is 5.92 Å². The number of fused-ring (bicyclic) bond motifs is 2. The molecule has 1 fully saturated rings. The molecule has 230 valence electrons. The first-order valence-corrected chi connectivity index (χ1v) is 16.0. The van der Waals surface area contributed by atoms with Crippen LogP contribution in [-0.4, -0.2) is 41.8 Å². The third-order valence-corrected chi connectivity index (χ3v) is 9.96. The van der Waals surface area contributed by atoms with E-state index in [1.54, 1.807) is 20.8 Å². The van der Waals surface area contributed by atoms with E-state index < -0.39 is 40.2 Å². The maximum absolute atomic E-state index is 14.2. The molecule has 2 aliphatic rings. The quantitative estimate of drug-likeness (QED) is 0.302. The van der Waals surface area contributed by atoms with E-state index in [-0.39, 0.29) is 30.5 Å². The number of carbonyl (C=O) groups is 1. The number of halogens is 3. The zero-order chi connectivity index (χ0) is 31.0. The number of nitrogens with zero attached hydrogens (tertiary/aromatic N) is 2. The van der Waals surface area contributed by atoms with Crippen molar-refractivity contribution in [1.29, 1.82) is 0 Å². The van der Waals surface area contributed by atoms with Gasteiger partial charge in [-0.1, -0.05) is 60.7 Å². The number of benzene rings is 3. The fourth-order valence-corrected chi connectivity index (χ4v) is 7.74. The van der Waals surface area contributed by atoms with Crippen molar-refractivity contribution in [3.8, 4) is 0 Å². The molecule has 0 aromatic heterocycles. The zero-order valence-electron chi connectivity index (χ0n) is 24.6. The Labute approximate surface area is 251 Å². The lowest BCUT2D eigenvalue weighted by Gasteiger charge is -2.39. The zero-order valence-corrected chi connectivity index (χ0v) is 25.4. The molecule has 0 bridgehead atoms. The van der Waals surface area contributed by atoms with Crippen LogP contribution >= 0.6 is 0 Å². The van der Waals surface area contributed by atoms with Crippen LogP contribution in [0.3, 0.4) is 0 Å². The van der Waals surface area contributed by atoms with Gasteiger partial charge < -0.3 is 4.74 Å². The predicted octanol–water partition coefficient (Wildman–Crippen LogP) is 7.33. The Hall–Kier alpha value is -3.37. The number of alkyl halides is 3. The third-order valence-electron chi connectivity index (χ3n) is 8.15. The van der Waals surface area contributed by atoms with Gasteiger partial charge in [0.2, 0.25) is 0 Å². The van der Waals surface area contributed by atoms with E-state index >= 15 is 0 Å². The monoisotopic (exact) mass is 614 g/mol. The molecule has 0 N–H and O–H groups in total. The number of aryl methyl sites for hydroxylation is 2. The van der Waals surface area contributed by atoms with Gasteiger partial charge in [0.05, 0.1) is 12.1 Å². The summed E-state index contributed by atoms with van der Waals surface area (Å²) in [4.78, 5) is 13.4. The molecule has 10 heteroatoms. The molecule has 1 amide bonds. The highest BCUT2D eigenvalue weighted by atomic mass is 32.2. The summed E-state index contributed by atoms with van der Waals surface area (Å²) in [5.74, 6) is -0.0618. The first-order chi connectivity index (χ1) is 20.2. The van der Waals surface area contributed by atoms with Gasteiger partial charge in [-0.15, -0.1) is 0 Å². The summed E-state index contributed by atoms with van der Waals surface area (Å²) in [7, 11) is -4.40. The van der Waals surface area contributed by atoms with E-state index in [9.17, 15) is 26.4 Å². The molecule has 1 unspecified atom stereocenters. The predicted molar refractivity (Wildman–Crippen MR) is 159 cm³/mol. The Morgan fingerprint density at radius 1 is 0.907 bits per heavy atom. The first-order valence-electron chi connectivity index (χ1n) is 14.6. The largest absolute Gasteiger partial charge is 0.443 e. The van der Waals surface area contributed by atoms with Crippen molar-refractivity contribution in [2.75, 3.05) is 13.1 Å². The summed E-state index contributed by atoms with van der Waals surface area (Å²) in [6, 6.07) is 20.8. The Bertz CT molecular complexity index is 1520. The smallest absolute Gasteiger partial charge is 0.425 e. The van der Waals surface area contributed by atoms with E-state index in [0.29, 0.717) is 10.7 Å². The van der Waals surface area contributed by atoms with Crippen LogP contribution in [0.4, 0.5) is 18.0 Å². The summed E-state index contributed by atoms with van der Waals surface area (Å²) >= 11 is 0. The fourth-order valence-electron chi connectivity index (χ4n) is 6.19. The van der Waals surface area contributed by atoms with Gasteiger partial charge in [0.25, 0.3) is 0 Å². The molecule has 1 aliphatic carbocycles. The molecular formula is C33H37F3N2O4S. The lowest BCUT2D eigenvalue weighted by molar-refractivity contribution is -0.137. The number of hydrogen-bond donors (Lipinski definition) is 0. The molecule has 5 rings (SSSR count). The Balaban J connectivity index is 1.47.